The number of nitro groups is 1. The van der Waals surface area contributed by atoms with E-state index in [9.17, 15) is 10.1 Å². The number of hydrogen-bond acceptors (Lipinski definition) is 3. The zero-order valence-corrected chi connectivity index (χ0v) is 9.39. The molecule has 0 atom stereocenters. The van der Waals surface area contributed by atoms with Gasteiger partial charge in [0, 0.05) is 18.1 Å². The van der Waals surface area contributed by atoms with Gasteiger partial charge in [-0.15, -0.1) is 0 Å². The molecule has 1 aliphatic rings. The lowest BCUT2D eigenvalue weighted by atomic mass is 9.86. The van der Waals surface area contributed by atoms with E-state index in [4.69, 9.17) is 4.74 Å². The highest BCUT2D eigenvalue weighted by Crippen LogP contribution is 2.24. The highest BCUT2D eigenvalue weighted by Gasteiger charge is 2.13. The summed E-state index contributed by atoms with van der Waals surface area (Å²) in [5, 5.41) is 10.4. The lowest BCUT2D eigenvalue weighted by Crippen LogP contribution is -2.08. The maximum atomic E-state index is 10.4. The molecule has 1 fully saturated rings. The van der Waals surface area contributed by atoms with E-state index in [1.807, 2.05) is 0 Å². The first-order chi connectivity index (χ1) is 8.25. The first-order valence-electron chi connectivity index (χ1n) is 5.61. The largest absolute Gasteiger partial charge is 0.481 e. The van der Waals surface area contributed by atoms with Crippen LogP contribution in [-0.2, 0) is 0 Å². The van der Waals surface area contributed by atoms with E-state index in [0.29, 0.717) is 18.3 Å². The molecule has 0 aromatic heterocycles. The van der Waals surface area contributed by atoms with Crippen molar-refractivity contribution < 1.29 is 9.66 Å². The van der Waals surface area contributed by atoms with Crippen molar-refractivity contribution in [2.45, 2.75) is 19.3 Å². The Morgan fingerprint density at radius 1 is 1.35 bits per heavy atom. The average Bonchev–Trinajstić information content (AvgIpc) is 2.27. The SMILES string of the molecule is O=[N+]([O-])c1ccc(OCC#CC2CCC2)cc1. The molecule has 17 heavy (non-hydrogen) atoms. The molecule has 0 amide bonds. The summed E-state index contributed by atoms with van der Waals surface area (Å²) in [6.45, 7) is 0.342. The van der Waals surface area contributed by atoms with Crippen LogP contribution in [0.5, 0.6) is 5.75 Å². The van der Waals surface area contributed by atoms with E-state index in [0.717, 1.165) is 0 Å². The van der Waals surface area contributed by atoms with Crippen molar-refractivity contribution in [3.8, 4) is 17.6 Å². The van der Waals surface area contributed by atoms with Crippen LogP contribution in [0.3, 0.4) is 0 Å². The van der Waals surface area contributed by atoms with Crippen LogP contribution in [0.4, 0.5) is 5.69 Å². The van der Waals surface area contributed by atoms with Gasteiger partial charge in [0.2, 0.25) is 0 Å². The normalized spacial score (nSPS) is 14.4. The molecular weight excluding hydrogens is 218 g/mol. The van der Waals surface area contributed by atoms with E-state index < -0.39 is 4.92 Å². The molecule has 4 heteroatoms. The second-order valence-corrected chi connectivity index (χ2v) is 3.99. The number of hydrogen-bond donors (Lipinski definition) is 0. The Morgan fingerprint density at radius 3 is 2.59 bits per heavy atom. The minimum atomic E-state index is -0.430. The van der Waals surface area contributed by atoms with Crippen molar-refractivity contribution in [3.05, 3.63) is 34.4 Å². The smallest absolute Gasteiger partial charge is 0.269 e. The van der Waals surface area contributed by atoms with Gasteiger partial charge in [0.1, 0.15) is 12.4 Å². The third kappa shape index (κ3) is 3.22. The maximum Gasteiger partial charge on any atom is 0.269 e. The lowest BCUT2D eigenvalue weighted by molar-refractivity contribution is -0.384. The van der Waals surface area contributed by atoms with Crippen molar-refractivity contribution in [1.82, 2.24) is 0 Å². The van der Waals surface area contributed by atoms with Gasteiger partial charge in [0.15, 0.2) is 0 Å². The van der Waals surface area contributed by atoms with Gasteiger partial charge in [0.05, 0.1) is 4.92 Å². The van der Waals surface area contributed by atoms with Gasteiger partial charge >= 0.3 is 0 Å². The summed E-state index contributed by atoms with van der Waals surface area (Å²) >= 11 is 0. The monoisotopic (exact) mass is 231 g/mol. The summed E-state index contributed by atoms with van der Waals surface area (Å²) in [4.78, 5) is 10.00. The number of nitrogens with zero attached hydrogens (tertiary/aromatic N) is 1. The standard InChI is InChI=1S/C13H13NO3/c15-14(16)12-6-8-13(9-7-12)17-10-2-5-11-3-1-4-11/h6-9,11H,1,3-4,10H2. The second-order valence-electron chi connectivity index (χ2n) is 3.99. The van der Waals surface area contributed by atoms with Crippen LogP contribution in [-0.4, -0.2) is 11.5 Å². The first kappa shape index (κ1) is 11.5. The topological polar surface area (TPSA) is 52.4 Å². The average molecular weight is 231 g/mol. The minimum absolute atomic E-state index is 0.0675. The number of rotatable bonds is 3. The number of non-ortho nitro benzene ring substituents is 1. The van der Waals surface area contributed by atoms with Crippen molar-refractivity contribution in [1.29, 1.82) is 0 Å². The predicted molar refractivity (Wildman–Crippen MR) is 63.7 cm³/mol. The maximum absolute atomic E-state index is 10.4. The Kier molecular flexibility index (Phi) is 3.61. The molecule has 1 aliphatic carbocycles. The quantitative estimate of drug-likeness (QED) is 0.456. The zero-order chi connectivity index (χ0) is 12.1. The van der Waals surface area contributed by atoms with Crippen LogP contribution >= 0.6 is 0 Å². The minimum Gasteiger partial charge on any atom is -0.481 e. The van der Waals surface area contributed by atoms with Crippen molar-refractivity contribution >= 4 is 5.69 Å². The number of benzene rings is 1. The Morgan fingerprint density at radius 2 is 2.06 bits per heavy atom. The van der Waals surface area contributed by atoms with Crippen LogP contribution in [0.15, 0.2) is 24.3 Å². The van der Waals surface area contributed by atoms with Gasteiger partial charge in [-0.25, -0.2) is 0 Å². The van der Waals surface area contributed by atoms with E-state index in [1.165, 1.54) is 31.4 Å². The van der Waals surface area contributed by atoms with Crippen molar-refractivity contribution in [2.75, 3.05) is 6.61 Å². The van der Waals surface area contributed by atoms with Gasteiger partial charge in [0.25, 0.3) is 5.69 Å². The second kappa shape index (κ2) is 5.35. The molecule has 0 saturated heterocycles. The Labute approximate surface area is 99.7 Å². The van der Waals surface area contributed by atoms with Gasteiger partial charge in [-0.2, -0.15) is 0 Å². The molecule has 0 N–H and O–H groups in total. The predicted octanol–water partition coefficient (Wildman–Crippen LogP) is 2.78. The van der Waals surface area contributed by atoms with Crippen LogP contribution in [0, 0.1) is 27.9 Å². The molecular formula is C13H13NO3. The molecule has 0 bridgehead atoms. The molecule has 0 spiro atoms. The summed E-state index contributed by atoms with van der Waals surface area (Å²) < 4.78 is 5.36. The molecule has 0 heterocycles. The van der Waals surface area contributed by atoms with Crippen LogP contribution < -0.4 is 4.74 Å². The molecule has 88 valence electrons. The molecule has 2 rings (SSSR count). The van der Waals surface area contributed by atoms with Gasteiger partial charge in [-0.05, 0) is 25.0 Å². The molecule has 0 aliphatic heterocycles. The molecule has 1 aromatic rings. The van der Waals surface area contributed by atoms with Crippen LogP contribution in [0.25, 0.3) is 0 Å². The first-order valence-corrected chi connectivity index (χ1v) is 5.61. The third-order valence-electron chi connectivity index (χ3n) is 2.77. The van der Waals surface area contributed by atoms with Crippen molar-refractivity contribution in [3.63, 3.8) is 0 Å². The Hall–Kier alpha value is -2.02. The highest BCUT2D eigenvalue weighted by atomic mass is 16.6. The summed E-state index contributed by atoms with van der Waals surface area (Å²) in [5.41, 5.74) is 0.0675. The lowest BCUT2D eigenvalue weighted by Gasteiger charge is -2.18. The fraction of sp³-hybridized carbons (Fsp3) is 0.385. The Balaban J connectivity index is 1.81. The number of nitro benzene ring substituents is 1. The van der Waals surface area contributed by atoms with Crippen LogP contribution in [0.1, 0.15) is 19.3 Å². The number of ether oxygens (including phenoxy) is 1. The van der Waals surface area contributed by atoms with E-state index in [1.54, 1.807) is 12.1 Å². The van der Waals surface area contributed by atoms with Crippen molar-refractivity contribution in [2.24, 2.45) is 5.92 Å². The van der Waals surface area contributed by atoms with E-state index in [-0.39, 0.29) is 5.69 Å². The van der Waals surface area contributed by atoms with Crippen LogP contribution in [0.2, 0.25) is 0 Å². The third-order valence-corrected chi connectivity index (χ3v) is 2.77. The summed E-state index contributed by atoms with van der Waals surface area (Å²) in [5.74, 6) is 7.26. The zero-order valence-electron chi connectivity index (χ0n) is 9.39. The highest BCUT2D eigenvalue weighted by molar-refractivity contribution is 5.36. The fourth-order valence-corrected chi connectivity index (χ4v) is 1.52. The van der Waals surface area contributed by atoms with Gasteiger partial charge < -0.3 is 4.74 Å². The Bertz CT molecular complexity index is 452. The fourth-order valence-electron chi connectivity index (χ4n) is 1.52. The molecule has 1 aromatic carbocycles. The van der Waals surface area contributed by atoms with Gasteiger partial charge in [-0.3, -0.25) is 10.1 Å². The molecule has 0 radical (unpaired) electrons. The molecule has 1 saturated carbocycles. The van der Waals surface area contributed by atoms with E-state index >= 15 is 0 Å². The molecule has 0 unspecified atom stereocenters. The molecule has 4 nitrogen and oxygen atoms in total. The summed E-state index contributed by atoms with van der Waals surface area (Å²) in [6.07, 6.45) is 3.68. The van der Waals surface area contributed by atoms with Gasteiger partial charge in [-0.1, -0.05) is 18.3 Å². The summed E-state index contributed by atoms with van der Waals surface area (Å²) in [7, 11) is 0. The summed E-state index contributed by atoms with van der Waals surface area (Å²) in [6, 6.07) is 6.02. The van der Waals surface area contributed by atoms with E-state index in [2.05, 4.69) is 11.8 Å².